The van der Waals surface area contributed by atoms with Gasteiger partial charge in [0.2, 0.25) is 0 Å². The maximum atomic E-state index is 13.1. The SMILES string of the molecule is CC1C(NCc2ccc(F)cc2)CCC(C(=O)O)(c2ncc3ccsc3n2)C1C. The number of rotatable bonds is 5. The molecule has 0 saturated heterocycles. The molecule has 0 spiro atoms. The van der Waals surface area contributed by atoms with Gasteiger partial charge in [-0.3, -0.25) is 4.79 Å². The molecule has 0 bridgehead atoms. The number of halogens is 1. The number of benzene rings is 1. The van der Waals surface area contributed by atoms with Crippen molar-refractivity contribution in [3.63, 3.8) is 0 Å². The van der Waals surface area contributed by atoms with Gasteiger partial charge < -0.3 is 10.4 Å². The van der Waals surface area contributed by atoms with Crippen molar-refractivity contribution in [2.24, 2.45) is 11.8 Å². The Morgan fingerprint density at radius 2 is 2.07 bits per heavy atom. The van der Waals surface area contributed by atoms with Crippen molar-refractivity contribution in [2.75, 3.05) is 0 Å². The Labute approximate surface area is 173 Å². The van der Waals surface area contributed by atoms with E-state index in [0.717, 1.165) is 15.8 Å². The van der Waals surface area contributed by atoms with E-state index in [4.69, 9.17) is 0 Å². The maximum Gasteiger partial charge on any atom is 0.317 e. The highest BCUT2D eigenvalue weighted by atomic mass is 32.1. The molecule has 2 heterocycles. The summed E-state index contributed by atoms with van der Waals surface area (Å²) in [7, 11) is 0. The van der Waals surface area contributed by atoms with Crippen molar-refractivity contribution >= 4 is 27.5 Å². The number of thiophene rings is 1. The van der Waals surface area contributed by atoms with Crippen molar-refractivity contribution in [3.8, 4) is 0 Å². The monoisotopic (exact) mass is 413 g/mol. The van der Waals surface area contributed by atoms with Gasteiger partial charge in [0.15, 0.2) is 0 Å². The first-order chi connectivity index (χ1) is 13.9. The molecular weight excluding hydrogens is 389 g/mol. The fourth-order valence-corrected chi connectivity index (χ4v) is 5.23. The maximum absolute atomic E-state index is 13.1. The van der Waals surface area contributed by atoms with Crippen LogP contribution in [0.4, 0.5) is 4.39 Å². The highest BCUT2D eigenvalue weighted by molar-refractivity contribution is 7.16. The van der Waals surface area contributed by atoms with Crippen LogP contribution in [0.15, 0.2) is 41.9 Å². The number of nitrogens with zero attached hydrogens (tertiary/aromatic N) is 2. The zero-order valence-electron chi connectivity index (χ0n) is 16.4. The Balaban J connectivity index is 1.56. The lowest BCUT2D eigenvalue weighted by Crippen LogP contribution is -2.55. The summed E-state index contributed by atoms with van der Waals surface area (Å²) >= 11 is 1.50. The largest absolute Gasteiger partial charge is 0.480 e. The second kappa shape index (κ2) is 7.80. The topological polar surface area (TPSA) is 75.1 Å². The number of hydrogen-bond acceptors (Lipinski definition) is 5. The standard InChI is InChI=1S/C22H24FN3O2S/c1-13-14(2)22(21(27)28,20-25-12-16-8-10-29-19(16)26-20)9-7-18(13)24-11-15-3-5-17(23)6-4-15/h3-6,8,10,12-14,18,24H,7,9,11H2,1-2H3,(H,27,28). The molecule has 29 heavy (non-hydrogen) atoms. The van der Waals surface area contributed by atoms with Gasteiger partial charge in [-0.2, -0.15) is 0 Å². The van der Waals surface area contributed by atoms with Gasteiger partial charge in [-0.1, -0.05) is 26.0 Å². The van der Waals surface area contributed by atoms with Gasteiger partial charge in [-0.15, -0.1) is 11.3 Å². The van der Waals surface area contributed by atoms with Gasteiger partial charge in [-0.05, 0) is 53.8 Å². The zero-order valence-corrected chi connectivity index (χ0v) is 17.2. The molecule has 152 valence electrons. The van der Waals surface area contributed by atoms with Gasteiger partial charge in [0, 0.05) is 24.2 Å². The summed E-state index contributed by atoms with van der Waals surface area (Å²) in [5.74, 6) is -0.719. The fourth-order valence-electron chi connectivity index (χ4n) is 4.49. The van der Waals surface area contributed by atoms with E-state index in [1.54, 1.807) is 18.3 Å². The molecular formula is C22H24FN3O2S. The van der Waals surface area contributed by atoms with Crippen LogP contribution in [0.1, 0.15) is 38.1 Å². The van der Waals surface area contributed by atoms with Gasteiger partial charge in [-0.25, -0.2) is 14.4 Å². The number of aliphatic carboxylic acids is 1. The summed E-state index contributed by atoms with van der Waals surface area (Å²) in [5, 5.41) is 16.7. The lowest BCUT2D eigenvalue weighted by Gasteiger charge is -2.45. The number of aromatic nitrogens is 2. The van der Waals surface area contributed by atoms with E-state index in [9.17, 15) is 14.3 Å². The van der Waals surface area contributed by atoms with E-state index in [1.807, 2.05) is 18.4 Å². The minimum atomic E-state index is -1.09. The molecule has 1 aliphatic rings. The van der Waals surface area contributed by atoms with Crippen LogP contribution in [0.3, 0.4) is 0 Å². The Hall–Kier alpha value is -2.38. The van der Waals surface area contributed by atoms with Crippen molar-refractivity contribution in [1.82, 2.24) is 15.3 Å². The molecule has 2 N–H and O–H groups in total. The predicted octanol–water partition coefficient (Wildman–Crippen LogP) is 4.38. The average Bonchev–Trinajstić information content (AvgIpc) is 3.18. The van der Waals surface area contributed by atoms with E-state index < -0.39 is 11.4 Å². The number of nitrogens with one attached hydrogen (secondary N) is 1. The van der Waals surface area contributed by atoms with Gasteiger partial charge >= 0.3 is 5.97 Å². The number of hydrogen-bond donors (Lipinski definition) is 2. The lowest BCUT2D eigenvalue weighted by atomic mass is 9.60. The van der Waals surface area contributed by atoms with Crippen LogP contribution in [0.2, 0.25) is 0 Å². The fraction of sp³-hybridized carbons (Fsp3) is 0.409. The van der Waals surface area contributed by atoms with Gasteiger partial charge in [0.1, 0.15) is 21.9 Å². The average molecular weight is 414 g/mol. The Kier molecular flexibility index (Phi) is 5.36. The molecule has 0 aliphatic heterocycles. The Morgan fingerprint density at radius 3 is 2.79 bits per heavy atom. The van der Waals surface area contributed by atoms with Crippen LogP contribution in [-0.2, 0) is 16.8 Å². The predicted molar refractivity (Wildman–Crippen MR) is 111 cm³/mol. The van der Waals surface area contributed by atoms with Crippen molar-refractivity contribution in [2.45, 2.75) is 44.7 Å². The molecule has 1 aromatic carbocycles. The first-order valence-corrected chi connectivity index (χ1v) is 10.7. The molecule has 2 aromatic heterocycles. The second-order valence-corrected chi connectivity index (χ2v) is 8.85. The van der Waals surface area contributed by atoms with Gasteiger partial charge in [0.05, 0.1) is 0 Å². The minimum absolute atomic E-state index is 0.114. The van der Waals surface area contributed by atoms with Crippen molar-refractivity contribution in [1.29, 1.82) is 0 Å². The van der Waals surface area contributed by atoms with Crippen molar-refractivity contribution in [3.05, 3.63) is 59.1 Å². The van der Waals surface area contributed by atoms with E-state index in [-0.39, 0.29) is 23.7 Å². The third-order valence-electron chi connectivity index (χ3n) is 6.52. The summed E-state index contributed by atoms with van der Waals surface area (Å²) in [5.41, 5.74) is -0.0844. The smallest absolute Gasteiger partial charge is 0.317 e. The third kappa shape index (κ3) is 3.53. The van der Waals surface area contributed by atoms with Crippen molar-refractivity contribution < 1.29 is 14.3 Å². The molecule has 3 aromatic rings. The number of carboxylic acids is 1. The molecule has 1 saturated carbocycles. The molecule has 1 fully saturated rings. The minimum Gasteiger partial charge on any atom is -0.480 e. The highest BCUT2D eigenvalue weighted by Gasteiger charge is 2.53. The third-order valence-corrected chi connectivity index (χ3v) is 7.34. The molecule has 7 heteroatoms. The van der Waals surface area contributed by atoms with Crippen LogP contribution < -0.4 is 5.32 Å². The molecule has 4 unspecified atom stereocenters. The summed E-state index contributed by atoms with van der Waals surface area (Å²) in [6, 6.07) is 8.57. The summed E-state index contributed by atoms with van der Waals surface area (Å²) in [6.45, 7) is 4.71. The summed E-state index contributed by atoms with van der Waals surface area (Å²) < 4.78 is 13.1. The molecule has 1 aliphatic carbocycles. The molecule has 4 rings (SSSR count). The van der Waals surface area contributed by atoms with Crippen LogP contribution in [0.25, 0.3) is 10.2 Å². The van der Waals surface area contributed by atoms with E-state index in [2.05, 4.69) is 22.2 Å². The van der Waals surface area contributed by atoms with Crippen LogP contribution >= 0.6 is 11.3 Å². The highest BCUT2D eigenvalue weighted by Crippen LogP contribution is 2.46. The quantitative estimate of drug-likeness (QED) is 0.649. The first kappa shape index (κ1) is 19.9. The van der Waals surface area contributed by atoms with Crippen LogP contribution in [0.5, 0.6) is 0 Å². The number of fused-ring (bicyclic) bond motifs is 1. The normalized spacial score (nSPS) is 27.2. The summed E-state index contributed by atoms with van der Waals surface area (Å²) in [6.07, 6.45) is 2.92. The second-order valence-electron chi connectivity index (χ2n) is 7.95. The molecule has 5 nitrogen and oxygen atoms in total. The Bertz CT molecular complexity index is 1020. The first-order valence-electron chi connectivity index (χ1n) is 9.84. The Morgan fingerprint density at radius 1 is 1.31 bits per heavy atom. The zero-order chi connectivity index (χ0) is 20.6. The van der Waals surface area contributed by atoms with Crippen LogP contribution in [-0.4, -0.2) is 27.1 Å². The number of carbonyl (C=O) groups is 1. The van der Waals surface area contributed by atoms with Gasteiger partial charge in [0.25, 0.3) is 0 Å². The lowest BCUT2D eigenvalue weighted by molar-refractivity contribution is -0.149. The number of carboxylic acid groups (broad SMARTS) is 1. The van der Waals surface area contributed by atoms with Crippen LogP contribution in [0, 0.1) is 17.7 Å². The van der Waals surface area contributed by atoms with E-state index >= 15 is 0 Å². The van der Waals surface area contributed by atoms with E-state index in [1.165, 1.54) is 23.5 Å². The summed E-state index contributed by atoms with van der Waals surface area (Å²) in [4.78, 5) is 22.4. The molecule has 0 radical (unpaired) electrons. The molecule has 0 amide bonds. The molecule has 4 atom stereocenters. The van der Waals surface area contributed by atoms with E-state index in [0.29, 0.717) is 25.2 Å².